The Hall–Kier alpha value is -0.123. The average Bonchev–Trinajstić information content (AvgIpc) is 2.41. The van der Waals surface area contributed by atoms with Crippen molar-refractivity contribution >= 4 is 8.56 Å². The van der Waals surface area contributed by atoms with Crippen LogP contribution in [0.2, 0.25) is 10.1 Å². The molecule has 0 aromatic heterocycles. The standard InChI is InChI=1S/C13H24O2Si/c1-12(2,3)16(13(4,5)6)14-10-7-8-11(9-10)15-16/h7-8,10-11H,9H2,1-6H3. The monoisotopic (exact) mass is 240 g/mol. The lowest BCUT2D eigenvalue weighted by Gasteiger charge is -2.53. The summed E-state index contributed by atoms with van der Waals surface area (Å²) in [6.07, 6.45) is 5.96. The van der Waals surface area contributed by atoms with E-state index in [4.69, 9.17) is 8.85 Å². The normalized spacial score (nSPS) is 33.1. The second-order valence-corrected chi connectivity index (χ2v) is 11.8. The van der Waals surface area contributed by atoms with Crippen LogP contribution in [0.5, 0.6) is 0 Å². The topological polar surface area (TPSA) is 18.5 Å². The van der Waals surface area contributed by atoms with Crippen molar-refractivity contribution in [2.45, 2.75) is 70.2 Å². The molecule has 1 fully saturated rings. The molecule has 0 aromatic rings. The van der Waals surface area contributed by atoms with Crippen LogP contribution in [0.15, 0.2) is 12.2 Å². The molecule has 2 rings (SSSR count). The Morgan fingerprint density at radius 2 is 1.25 bits per heavy atom. The molecule has 1 aliphatic carbocycles. The zero-order valence-corrected chi connectivity index (χ0v) is 12.3. The summed E-state index contributed by atoms with van der Waals surface area (Å²) in [4.78, 5) is 0. The number of hydrogen-bond donors (Lipinski definition) is 0. The van der Waals surface area contributed by atoms with Gasteiger partial charge in [0.2, 0.25) is 0 Å². The Bertz CT molecular complexity index is 279. The molecule has 2 bridgehead atoms. The highest BCUT2D eigenvalue weighted by Crippen LogP contribution is 2.55. The minimum Gasteiger partial charge on any atom is -0.387 e. The van der Waals surface area contributed by atoms with E-state index in [9.17, 15) is 0 Å². The molecule has 16 heavy (non-hydrogen) atoms. The molecule has 2 atom stereocenters. The summed E-state index contributed by atoms with van der Waals surface area (Å²) in [5, 5.41) is 0.211. The molecule has 1 saturated heterocycles. The van der Waals surface area contributed by atoms with E-state index in [2.05, 4.69) is 53.7 Å². The van der Waals surface area contributed by atoms with Crippen molar-refractivity contribution < 1.29 is 8.85 Å². The lowest BCUT2D eigenvalue weighted by Crippen LogP contribution is -2.62. The van der Waals surface area contributed by atoms with Gasteiger partial charge in [-0.05, 0) is 0 Å². The van der Waals surface area contributed by atoms with Gasteiger partial charge in [0.25, 0.3) is 0 Å². The second-order valence-electron chi connectivity index (χ2n) is 7.05. The van der Waals surface area contributed by atoms with Crippen LogP contribution in [0.1, 0.15) is 48.0 Å². The van der Waals surface area contributed by atoms with Gasteiger partial charge >= 0.3 is 8.56 Å². The maximum absolute atomic E-state index is 6.42. The van der Waals surface area contributed by atoms with Crippen LogP contribution in [0.3, 0.4) is 0 Å². The molecule has 0 aromatic carbocycles. The van der Waals surface area contributed by atoms with Crippen molar-refractivity contribution in [3.63, 3.8) is 0 Å². The highest BCUT2D eigenvalue weighted by molar-refractivity contribution is 6.73. The van der Waals surface area contributed by atoms with Gasteiger partial charge in [-0.25, -0.2) is 0 Å². The third kappa shape index (κ3) is 1.69. The van der Waals surface area contributed by atoms with E-state index in [0.717, 1.165) is 6.42 Å². The van der Waals surface area contributed by atoms with Gasteiger partial charge in [-0.2, -0.15) is 0 Å². The fourth-order valence-corrected chi connectivity index (χ4v) is 8.02. The Balaban J connectivity index is 2.38. The van der Waals surface area contributed by atoms with E-state index < -0.39 is 8.56 Å². The molecule has 0 N–H and O–H groups in total. The number of fused-ring (bicyclic) bond motifs is 2. The number of rotatable bonds is 0. The fraction of sp³-hybridized carbons (Fsp3) is 0.846. The summed E-state index contributed by atoms with van der Waals surface area (Å²) in [6.45, 7) is 13.6. The van der Waals surface area contributed by atoms with Crippen LogP contribution in [0, 0.1) is 0 Å². The summed E-state index contributed by atoms with van der Waals surface area (Å²) in [5.41, 5.74) is 0. The molecule has 3 heteroatoms. The van der Waals surface area contributed by atoms with E-state index in [1.54, 1.807) is 0 Å². The Kier molecular flexibility index (Phi) is 2.65. The minimum atomic E-state index is -2.21. The second kappa shape index (κ2) is 3.44. The first-order valence-electron chi connectivity index (χ1n) is 6.20. The molecule has 0 amide bonds. The lowest BCUT2D eigenvalue weighted by atomic mass is 10.2. The molecule has 92 valence electrons. The van der Waals surface area contributed by atoms with Crippen molar-refractivity contribution in [3.05, 3.63) is 12.2 Å². The van der Waals surface area contributed by atoms with Crippen LogP contribution in [-0.4, -0.2) is 20.8 Å². The van der Waals surface area contributed by atoms with Gasteiger partial charge in [0, 0.05) is 16.5 Å². The molecule has 0 saturated carbocycles. The zero-order valence-electron chi connectivity index (χ0n) is 11.3. The van der Waals surface area contributed by atoms with Crippen LogP contribution in [0.4, 0.5) is 0 Å². The molecule has 0 radical (unpaired) electrons. The van der Waals surface area contributed by atoms with Crippen molar-refractivity contribution in [1.82, 2.24) is 0 Å². The van der Waals surface area contributed by atoms with Crippen LogP contribution in [0.25, 0.3) is 0 Å². The Morgan fingerprint density at radius 3 is 1.56 bits per heavy atom. The van der Waals surface area contributed by atoms with Gasteiger partial charge < -0.3 is 8.85 Å². The molecule has 1 heterocycles. The smallest absolute Gasteiger partial charge is 0.350 e. The number of hydrogen-bond acceptors (Lipinski definition) is 2. The van der Waals surface area contributed by atoms with E-state index in [1.165, 1.54) is 0 Å². The van der Waals surface area contributed by atoms with E-state index in [0.29, 0.717) is 12.2 Å². The molecule has 2 unspecified atom stereocenters. The summed E-state index contributed by atoms with van der Waals surface area (Å²) in [6, 6.07) is 0. The van der Waals surface area contributed by atoms with Crippen molar-refractivity contribution in [2.75, 3.05) is 0 Å². The molecular formula is C13H24O2Si. The summed E-state index contributed by atoms with van der Waals surface area (Å²) >= 11 is 0. The molecular weight excluding hydrogens is 216 g/mol. The fourth-order valence-electron chi connectivity index (χ4n) is 3.09. The highest BCUT2D eigenvalue weighted by Gasteiger charge is 2.62. The summed E-state index contributed by atoms with van der Waals surface area (Å²) in [7, 11) is -2.21. The maximum Gasteiger partial charge on any atom is 0.350 e. The molecule has 0 spiro atoms. The highest BCUT2D eigenvalue weighted by atomic mass is 28.4. The van der Waals surface area contributed by atoms with Crippen molar-refractivity contribution in [3.8, 4) is 0 Å². The van der Waals surface area contributed by atoms with Gasteiger partial charge in [0.15, 0.2) is 0 Å². The summed E-state index contributed by atoms with van der Waals surface area (Å²) < 4.78 is 12.8. The quantitative estimate of drug-likeness (QED) is 0.474. The first-order chi connectivity index (χ1) is 7.16. The van der Waals surface area contributed by atoms with Gasteiger partial charge in [-0.1, -0.05) is 53.7 Å². The van der Waals surface area contributed by atoms with Gasteiger partial charge in [0.05, 0.1) is 12.2 Å². The van der Waals surface area contributed by atoms with Crippen molar-refractivity contribution in [2.24, 2.45) is 0 Å². The van der Waals surface area contributed by atoms with E-state index >= 15 is 0 Å². The maximum atomic E-state index is 6.42. The van der Waals surface area contributed by atoms with E-state index in [-0.39, 0.29) is 10.1 Å². The first kappa shape index (κ1) is 12.3. The van der Waals surface area contributed by atoms with Crippen LogP contribution < -0.4 is 0 Å². The zero-order chi connectivity index (χ0) is 12.2. The molecule has 1 aliphatic heterocycles. The van der Waals surface area contributed by atoms with Gasteiger partial charge in [-0.15, -0.1) is 0 Å². The SMILES string of the molecule is CC(C)(C)[Si]1(C(C)(C)C)OC2C=CC(C2)O1. The van der Waals surface area contributed by atoms with E-state index in [1.807, 2.05) is 0 Å². The van der Waals surface area contributed by atoms with Gasteiger partial charge in [-0.3, -0.25) is 0 Å². The predicted molar refractivity (Wildman–Crippen MR) is 68.7 cm³/mol. The predicted octanol–water partition coefficient (Wildman–Crippen LogP) is 3.77. The average molecular weight is 240 g/mol. The summed E-state index contributed by atoms with van der Waals surface area (Å²) in [5.74, 6) is 0. The third-order valence-corrected chi connectivity index (χ3v) is 8.83. The van der Waals surface area contributed by atoms with Crippen molar-refractivity contribution in [1.29, 1.82) is 0 Å². The third-order valence-electron chi connectivity index (χ3n) is 3.61. The Labute approximate surface area is 100 Å². The molecule has 2 aliphatic rings. The van der Waals surface area contributed by atoms with Crippen LogP contribution >= 0.6 is 0 Å². The Morgan fingerprint density at radius 1 is 0.875 bits per heavy atom. The first-order valence-corrected chi connectivity index (χ1v) is 8.01. The largest absolute Gasteiger partial charge is 0.387 e. The minimum absolute atomic E-state index is 0.105. The lowest BCUT2D eigenvalue weighted by molar-refractivity contribution is 0.0255. The van der Waals surface area contributed by atoms with Crippen LogP contribution in [-0.2, 0) is 8.85 Å². The van der Waals surface area contributed by atoms with Gasteiger partial charge in [0.1, 0.15) is 0 Å². The molecule has 2 nitrogen and oxygen atoms in total.